The van der Waals surface area contributed by atoms with Crippen LogP contribution in [0, 0.1) is 33.6 Å². The number of hydrogen-bond acceptors (Lipinski definition) is 0. The molecule has 136 valence electrons. The molecule has 0 aromatic heterocycles. The van der Waals surface area contributed by atoms with Gasteiger partial charge in [0.15, 0.2) is 0 Å². The van der Waals surface area contributed by atoms with E-state index in [2.05, 4.69) is 71.0 Å². The fraction of sp³-hybridized carbons (Fsp3) is 0.520. The van der Waals surface area contributed by atoms with E-state index in [1.807, 2.05) is 0 Å². The van der Waals surface area contributed by atoms with E-state index in [1.165, 1.54) is 78.3 Å². The van der Waals surface area contributed by atoms with Crippen LogP contribution in [0.3, 0.4) is 0 Å². The summed E-state index contributed by atoms with van der Waals surface area (Å²) in [5.74, 6) is 0.800. The molecule has 0 bridgehead atoms. The summed E-state index contributed by atoms with van der Waals surface area (Å²) >= 11 is 0. The largest absolute Gasteiger partial charge is 0.0654 e. The third kappa shape index (κ3) is 7.06. The quantitative estimate of drug-likeness (QED) is 0.422. The molecular formula is C25H36. The van der Waals surface area contributed by atoms with E-state index in [-0.39, 0.29) is 0 Å². The number of benzene rings is 2. The molecule has 0 heteroatoms. The zero-order valence-electron chi connectivity index (χ0n) is 17.0. The molecule has 25 heavy (non-hydrogen) atoms. The molecule has 0 N–H and O–H groups in total. The maximum Gasteiger partial charge on any atom is -0.0250 e. The molecule has 0 saturated heterocycles. The van der Waals surface area contributed by atoms with Crippen LogP contribution in [0.5, 0.6) is 0 Å². The SMILES string of the molecule is CCCCCC(CCc1cc(C)cc(C)c1)Cc1cc(C)cc(C)c1. The molecule has 0 nitrogen and oxygen atoms in total. The molecule has 2 aromatic carbocycles. The van der Waals surface area contributed by atoms with Crippen molar-refractivity contribution in [3.63, 3.8) is 0 Å². The number of hydrogen-bond donors (Lipinski definition) is 0. The summed E-state index contributed by atoms with van der Waals surface area (Å²) in [6.45, 7) is 11.2. The molecule has 0 aliphatic heterocycles. The topological polar surface area (TPSA) is 0 Å². The first-order valence-corrected chi connectivity index (χ1v) is 10.1. The highest BCUT2D eigenvalue weighted by atomic mass is 14.2. The summed E-state index contributed by atoms with van der Waals surface area (Å²) in [6, 6.07) is 14.1. The lowest BCUT2D eigenvalue weighted by Gasteiger charge is -2.18. The first-order chi connectivity index (χ1) is 12.0. The van der Waals surface area contributed by atoms with Crippen molar-refractivity contribution >= 4 is 0 Å². The zero-order chi connectivity index (χ0) is 18.2. The van der Waals surface area contributed by atoms with Crippen molar-refractivity contribution in [3.05, 3.63) is 69.8 Å². The Hall–Kier alpha value is -1.56. The predicted octanol–water partition coefficient (Wildman–Crippen LogP) is 7.29. The molecular weight excluding hydrogens is 300 g/mol. The van der Waals surface area contributed by atoms with Gasteiger partial charge in [-0.2, -0.15) is 0 Å². The van der Waals surface area contributed by atoms with Gasteiger partial charge in [-0.3, -0.25) is 0 Å². The fourth-order valence-electron chi connectivity index (χ4n) is 4.14. The molecule has 0 aliphatic carbocycles. The van der Waals surface area contributed by atoms with Gasteiger partial charge in [-0.1, -0.05) is 91.3 Å². The molecule has 0 amide bonds. The lowest BCUT2D eigenvalue weighted by molar-refractivity contribution is 0.426. The maximum atomic E-state index is 2.39. The maximum absolute atomic E-state index is 2.39. The lowest BCUT2D eigenvalue weighted by Crippen LogP contribution is -2.07. The monoisotopic (exact) mass is 336 g/mol. The van der Waals surface area contributed by atoms with Gasteiger partial charge in [-0.15, -0.1) is 0 Å². The first kappa shape index (κ1) is 19.8. The molecule has 1 unspecified atom stereocenters. The average Bonchev–Trinajstić information content (AvgIpc) is 2.50. The van der Waals surface area contributed by atoms with Crippen molar-refractivity contribution in [3.8, 4) is 0 Å². The first-order valence-electron chi connectivity index (χ1n) is 10.1. The summed E-state index contributed by atoms with van der Waals surface area (Å²) < 4.78 is 0. The van der Waals surface area contributed by atoms with Crippen LogP contribution in [0.2, 0.25) is 0 Å². The van der Waals surface area contributed by atoms with Crippen molar-refractivity contribution in [2.45, 2.75) is 79.6 Å². The van der Waals surface area contributed by atoms with Gasteiger partial charge in [0.2, 0.25) is 0 Å². The Labute approximate surface area is 155 Å². The molecule has 0 spiro atoms. The highest BCUT2D eigenvalue weighted by molar-refractivity contribution is 5.30. The Morgan fingerprint density at radius 1 is 0.640 bits per heavy atom. The van der Waals surface area contributed by atoms with Gasteiger partial charge in [-0.25, -0.2) is 0 Å². The van der Waals surface area contributed by atoms with Crippen LogP contribution in [-0.4, -0.2) is 0 Å². The van der Waals surface area contributed by atoms with Crippen molar-refractivity contribution in [1.82, 2.24) is 0 Å². The molecule has 0 radical (unpaired) electrons. The summed E-state index contributed by atoms with van der Waals surface area (Å²) in [5, 5.41) is 0. The van der Waals surface area contributed by atoms with Crippen LogP contribution >= 0.6 is 0 Å². The second-order valence-electron chi connectivity index (χ2n) is 8.10. The Morgan fingerprint density at radius 3 is 1.68 bits per heavy atom. The van der Waals surface area contributed by atoms with E-state index in [9.17, 15) is 0 Å². The second kappa shape index (κ2) is 9.80. The highest BCUT2D eigenvalue weighted by Crippen LogP contribution is 2.23. The third-order valence-corrected chi connectivity index (χ3v) is 5.14. The molecule has 0 aliphatic rings. The van der Waals surface area contributed by atoms with Gasteiger partial charge in [0.1, 0.15) is 0 Å². The van der Waals surface area contributed by atoms with Gasteiger partial charge < -0.3 is 0 Å². The Morgan fingerprint density at radius 2 is 1.16 bits per heavy atom. The van der Waals surface area contributed by atoms with Crippen LogP contribution < -0.4 is 0 Å². The number of unbranched alkanes of at least 4 members (excludes halogenated alkanes) is 2. The minimum absolute atomic E-state index is 0.800. The molecule has 0 saturated carbocycles. The number of aryl methyl sites for hydroxylation is 5. The predicted molar refractivity (Wildman–Crippen MR) is 111 cm³/mol. The van der Waals surface area contributed by atoms with Crippen LogP contribution in [0.15, 0.2) is 36.4 Å². The van der Waals surface area contributed by atoms with Gasteiger partial charge in [0, 0.05) is 0 Å². The Balaban J connectivity index is 2.03. The van der Waals surface area contributed by atoms with E-state index >= 15 is 0 Å². The summed E-state index contributed by atoms with van der Waals surface area (Å²) in [7, 11) is 0. The summed E-state index contributed by atoms with van der Waals surface area (Å²) in [4.78, 5) is 0. The summed E-state index contributed by atoms with van der Waals surface area (Å²) in [6.07, 6.45) is 9.17. The molecule has 0 fully saturated rings. The van der Waals surface area contributed by atoms with E-state index in [1.54, 1.807) is 0 Å². The van der Waals surface area contributed by atoms with Gasteiger partial charge in [-0.05, 0) is 64.0 Å². The third-order valence-electron chi connectivity index (χ3n) is 5.14. The van der Waals surface area contributed by atoms with Gasteiger partial charge >= 0.3 is 0 Å². The smallest absolute Gasteiger partial charge is 0.0250 e. The Kier molecular flexibility index (Phi) is 7.75. The second-order valence-corrected chi connectivity index (χ2v) is 8.10. The molecule has 0 heterocycles. The minimum Gasteiger partial charge on any atom is -0.0654 e. The van der Waals surface area contributed by atoms with Crippen LogP contribution in [0.4, 0.5) is 0 Å². The van der Waals surface area contributed by atoms with Crippen molar-refractivity contribution < 1.29 is 0 Å². The lowest BCUT2D eigenvalue weighted by atomic mass is 9.87. The fourth-order valence-corrected chi connectivity index (χ4v) is 4.14. The minimum atomic E-state index is 0.800. The van der Waals surface area contributed by atoms with Crippen LogP contribution in [0.1, 0.15) is 72.4 Å². The van der Waals surface area contributed by atoms with E-state index in [0.717, 1.165) is 5.92 Å². The van der Waals surface area contributed by atoms with E-state index in [4.69, 9.17) is 0 Å². The molecule has 2 rings (SSSR count). The molecule has 1 atom stereocenters. The van der Waals surface area contributed by atoms with Crippen molar-refractivity contribution in [1.29, 1.82) is 0 Å². The van der Waals surface area contributed by atoms with Crippen LogP contribution in [-0.2, 0) is 12.8 Å². The van der Waals surface area contributed by atoms with Crippen molar-refractivity contribution in [2.24, 2.45) is 5.92 Å². The van der Waals surface area contributed by atoms with Gasteiger partial charge in [0.25, 0.3) is 0 Å². The zero-order valence-corrected chi connectivity index (χ0v) is 17.0. The van der Waals surface area contributed by atoms with E-state index < -0.39 is 0 Å². The highest BCUT2D eigenvalue weighted by Gasteiger charge is 2.11. The molecule has 2 aromatic rings. The van der Waals surface area contributed by atoms with Crippen molar-refractivity contribution in [2.75, 3.05) is 0 Å². The van der Waals surface area contributed by atoms with Gasteiger partial charge in [0.05, 0.1) is 0 Å². The normalized spacial score (nSPS) is 12.4. The van der Waals surface area contributed by atoms with E-state index in [0.29, 0.717) is 0 Å². The van der Waals surface area contributed by atoms with Crippen LogP contribution in [0.25, 0.3) is 0 Å². The summed E-state index contributed by atoms with van der Waals surface area (Å²) in [5.41, 5.74) is 8.63. The Bertz CT molecular complexity index is 625. The standard InChI is InChI=1S/C25H36/c1-6-7-8-9-23(18-25-16-21(4)13-22(5)17-25)10-11-24-14-19(2)12-20(3)15-24/h12-17,23H,6-11,18H2,1-5H3. The number of rotatable bonds is 9. The average molecular weight is 337 g/mol.